The molecule has 1 aliphatic heterocycles. The topological polar surface area (TPSA) is 57.6 Å². The summed E-state index contributed by atoms with van der Waals surface area (Å²) in [4.78, 5) is 23.2. The smallest absolute Gasteiger partial charge is 0.258 e. The molecule has 0 spiro atoms. The number of halogens is 1. The van der Waals surface area contributed by atoms with Gasteiger partial charge in [-0.25, -0.2) is 9.29 Å². The van der Waals surface area contributed by atoms with Crippen LogP contribution in [0.5, 0.6) is 5.75 Å². The number of aromatic hydroxyl groups is 1. The summed E-state index contributed by atoms with van der Waals surface area (Å²) in [5.41, 5.74) is 0.0208. The zero-order valence-electron chi connectivity index (χ0n) is 7.48. The third-order valence-corrected chi connectivity index (χ3v) is 1.93. The summed E-state index contributed by atoms with van der Waals surface area (Å²) in [5, 5.41) is 9.12. The van der Waals surface area contributed by atoms with Gasteiger partial charge < -0.3 is 5.11 Å². The predicted molar refractivity (Wildman–Crippen MR) is 49.7 cm³/mol. The van der Waals surface area contributed by atoms with Gasteiger partial charge in [-0.05, 0) is 6.07 Å². The van der Waals surface area contributed by atoms with Gasteiger partial charge in [-0.1, -0.05) is 0 Å². The first kappa shape index (κ1) is 9.39. The number of hydrogen-bond acceptors (Lipinski definition) is 3. The number of carbonyl (C=O) groups is 2. The molecule has 1 aromatic rings. The summed E-state index contributed by atoms with van der Waals surface area (Å²) in [6, 6.07) is 3.04. The van der Waals surface area contributed by atoms with E-state index in [2.05, 4.69) is 0 Å². The fourth-order valence-electron chi connectivity index (χ4n) is 1.34. The van der Waals surface area contributed by atoms with Crippen molar-refractivity contribution in [3.63, 3.8) is 0 Å². The number of carbonyl (C=O) groups excluding carboxylic acids is 2. The van der Waals surface area contributed by atoms with Crippen molar-refractivity contribution < 1.29 is 19.1 Å². The van der Waals surface area contributed by atoms with E-state index in [1.807, 2.05) is 0 Å². The number of phenolic OH excluding ortho intramolecular Hbond substituents is 1. The molecule has 1 aliphatic rings. The zero-order valence-corrected chi connectivity index (χ0v) is 7.48. The molecule has 0 aromatic heterocycles. The van der Waals surface area contributed by atoms with Crippen molar-refractivity contribution in [3.05, 3.63) is 36.2 Å². The normalized spacial score (nSPS) is 15.1. The average molecular weight is 207 g/mol. The van der Waals surface area contributed by atoms with Crippen molar-refractivity contribution in [1.29, 1.82) is 0 Å². The van der Waals surface area contributed by atoms with Gasteiger partial charge in [0, 0.05) is 24.3 Å². The Hall–Kier alpha value is -2.17. The van der Waals surface area contributed by atoms with Crippen molar-refractivity contribution >= 4 is 17.5 Å². The first-order valence-electron chi connectivity index (χ1n) is 4.13. The fraction of sp³-hybridized carbons (Fsp3) is 0. The van der Waals surface area contributed by atoms with Gasteiger partial charge in [-0.15, -0.1) is 0 Å². The standard InChI is InChI=1S/C10H6FNO3/c11-6-3-7(5-8(13)4-6)12-9(14)1-2-10(12)15/h1-5,13H. The third-order valence-electron chi connectivity index (χ3n) is 1.93. The Bertz CT molecular complexity index is 443. The summed E-state index contributed by atoms with van der Waals surface area (Å²) >= 11 is 0. The molecule has 0 saturated carbocycles. The Morgan fingerprint density at radius 3 is 2.20 bits per heavy atom. The molecule has 15 heavy (non-hydrogen) atoms. The lowest BCUT2D eigenvalue weighted by molar-refractivity contribution is -0.119. The van der Waals surface area contributed by atoms with E-state index >= 15 is 0 Å². The third kappa shape index (κ3) is 1.59. The van der Waals surface area contributed by atoms with Crippen LogP contribution in [-0.4, -0.2) is 16.9 Å². The maximum absolute atomic E-state index is 12.9. The van der Waals surface area contributed by atoms with Crippen LogP contribution in [0.15, 0.2) is 30.4 Å². The molecule has 0 atom stereocenters. The Balaban J connectivity index is 2.46. The Kier molecular flexibility index (Phi) is 2.00. The van der Waals surface area contributed by atoms with Gasteiger partial charge in [-0.3, -0.25) is 9.59 Å². The second-order valence-electron chi connectivity index (χ2n) is 3.01. The number of rotatable bonds is 1. The minimum absolute atomic E-state index is 0.0208. The molecule has 0 aliphatic carbocycles. The largest absolute Gasteiger partial charge is 0.508 e. The molecule has 1 N–H and O–H groups in total. The van der Waals surface area contributed by atoms with Gasteiger partial charge in [0.05, 0.1) is 5.69 Å². The lowest BCUT2D eigenvalue weighted by Gasteiger charge is -2.13. The fourth-order valence-corrected chi connectivity index (χ4v) is 1.34. The summed E-state index contributed by atoms with van der Waals surface area (Å²) in [7, 11) is 0. The number of phenols is 1. The van der Waals surface area contributed by atoms with Crippen molar-refractivity contribution in [2.45, 2.75) is 0 Å². The lowest BCUT2D eigenvalue weighted by Crippen LogP contribution is -2.29. The van der Waals surface area contributed by atoms with E-state index in [-0.39, 0.29) is 11.4 Å². The molecule has 1 heterocycles. The molecule has 76 valence electrons. The average Bonchev–Trinajstić information content (AvgIpc) is 2.44. The number of anilines is 1. The quantitative estimate of drug-likeness (QED) is 0.698. The zero-order chi connectivity index (χ0) is 11.0. The van der Waals surface area contributed by atoms with Gasteiger partial charge >= 0.3 is 0 Å². The van der Waals surface area contributed by atoms with E-state index in [0.717, 1.165) is 35.3 Å². The number of nitrogens with zero attached hydrogens (tertiary/aromatic N) is 1. The summed E-state index contributed by atoms with van der Waals surface area (Å²) in [5.74, 6) is -2.15. The highest BCUT2D eigenvalue weighted by Crippen LogP contribution is 2.24. The van der Waals surface area contributed by atoms with Gasteiger partial charge in [0.25, 0.3) is 11.8 Å². The molecule has 0 unspecified atom stereocenters. The summed E-state index contributed by atoms with van der Waals surface area (Å²) < 4.78 is 12.9. The minimum Gasteiger partial charge on any atom is -0.508 e. The molecule has 1 aromatic carbocycles. The van der Waals surface area contributed by atoms with Crippen LogP contribution in [-0.2, 0) is 9.59 Å². The maximum atomic E-state index is 12.9. The molecule has 0 fully saturated rings. The molecule has 0 saturated heterocycles. The van der Waals surface area contributed by atoms with Crippen LogP contribution in [0.1, 0.15) is 0 Å². The number of benzene rings is 1. The maximum Gasteiger partial charge on any atom is 0.258 e. The molecule has 2 amide bonds. The summed E-state index contributed by atoms with van der Waals surface area (Å²) in [6.07, 6.45) is 2.18. The second kappa shape index (κ2) is 3.20. The molecular formula is C10H6FNO3. The van der Waals surface area contributed by atoms with Crippen LogP contribution >= 0.6 is 0 Å². The van der Waals surface area contributed by atoms with Gasteiger partial charge in [0.1, 0.15) is 11.6 Å². The van der Waals surface area contributed by atoms with Crippen molar-refractivity contribution in [1.82, 2.24) is 0 Å². The van der Waals surface area contributed by atoms with Crippen LogP contribution in [0.25, 0.3) is 0 Å². The number of imide groups is 1. The van der Waals surface area contributed by atoms with Gasteiger partial charge in [0.15, 0.2) is 0 Å². The SMILES string of the molecule is O=C1C=CC(=O)N1c1cc(O)cc(F)c1. The second-order valence-corrected chi connectivity index (χ2v) is 3.01. The van der Waals surface area contributed by atoms with E-state index in [1.54, 1.807) is 0 Å². The monoisotopic (exact) mass is 207 g/mol. The van der Waals surface area contributed by atoms with Crippen LogP contribution in [0.3, 0.4) is 0 Å². The van der Waals surface area contributed by atoms with Crippen LogP contribution < -0.4 is 4.90 Å². The first-order valence-corrected chi connectivity index (χ1v) is 4.13. The number of hydrogen-bond donors (Lipinski definition) is 1. The van der Waals surface area contributed by atoms with Crippen LogP contribution in [0.2, 0.25) is 0 Å². The van der Waals surface area contributed by atoms with Crippen LogP contribution in [0.4, 0.5) is 10.1 Å². The van der Waals surface area contributed by atoms with Crippen molar-refractivity contribution in [2.75, 3.05) is 4.90 Å². The molecule has 2 rings (SSSR count). The van der Waals surface area contributed by atoms with Crippen molar-refractivity contribution in [2.24, 2.45) is 0 Å². The molecule has 0 bridgehead atoms. The Morgan fingerprint density at radius 2 is 1.67 bits per heavy atom. The van der Waals surface area contributed by atoms with Crippen LogP contribution in [0, 0.1) is 5.82 Å². The van der Waals surface area contributed by atoms with Gasteiger partial charge in [0.2, 0.25) is 0 Å². The van der Waals surface area contributed by atoms with E-state index < -0.39 is 17.6 Å². The molecule has 4 nitrogen and oxygen atoms in total. The van der Waals surface area contributed by atoms with E-state index in [0.29, 0.717) is 0 Å². The highest BCUT2D eigenvalue weighted by atomic mass is 19.1. The van der Waals surface area contributed by atoms with Crippen molar-refractivity contribution in [3.8, 4) is 5.75 Å². The first-order chi connectivity index (χ1) is 7.08. The number of amides is 2. The Morgan fingerprint density at radius 1 is 1.07 bits per heavy atom. The highest BCUT2D eigenvalue weighted by Gasteiger charge is 2.25. The molecule has 5 heteroatoms. The minimum atomic E-state index is -0.711. The van der Waals surface area contributed by atoms with E-state index in [9.17, 15) is 14.0 Å². The lowest BCUT2D eigenvalue weighted by atomic mass is 10.2. The predicted octanol–water partition coefficient (Wildman–Crippen LogP) is 0.961. The molecule has 0 radical (unpaired) electrons. The van der Waals surface area contributed by atoms with E-state index in [4.69, 9.17) is 5.11 Å². The highest BCUT2D eigenvalue weighted by molar-refractivity contribution is 6.28. The van der Waals surface area contributed by atoms with Gasteiger partial charge in [-0.2, -0.15) is 0 Å². The summed E-state index contributed by atoms with van der Waals surface area (Å²) in [6.45, 7) is 0. The van der Waals surface area contributed by atoms with E-state index in [1.165, 1.54) is 0 Å². The molecular weight excluding hydrogens is 201 g/mol. The Labute approximate surface area is 84.2 Å².